The minimum Gasteiger partial charge on any atom is -0.493 e. The summed E-state index contributed by atoms with van der Waals surface area (Å²) in [4.78, 5) is 18.1. The lowest BCUT2D eigenvalue weighted by Gasteiger charge is -2.31. The average molecular weight is 564 g/mol. The normalized spacial score (nSPS) is 14.7. The highest BCUT2D eigenvalue weighted by Gasteiger charge is 2.22. The number of allylic oxidation sites excluding steroid dienone is 2. The van der Waals surface area contributed by atoms with Gasteiger partial charge in [-0.3, -0.25) is 4.79 Å². The molecule has 220 valence electrons. The van der Waals surface area contributed by atoms with Crippen LogP contribution in [0, 0.1) is 0 Å². The number of carbonyl (C=O) groups is 1. The summed E-state index contributed by atoms with van der Waals surface area (Å²) in [7, 11) is 4.75. The number of H-pyrrole nitrogens is 1. The molecule has 9 heteroatoms. The van der Waals surface area contributed by atoms with Gasteiger partial charge in [-0.15, -0.1) is 0 Å². The lowest BCUT2D eigenvalue weighted by atomic mass is 9.89. The van der Waals surface area contributed by atoms with Crippen LogP contribution in [-0.4, -0.2) is 83.3 Å². The molecule has 1 aliphatic rings. The Bertz CT molecular complexity index is 1280. The van der Waals surface area contributed by atoms with Crippen LogP contribution in [0.1, 0.15) is 29.9 Å². The average Bonchev–Trinajstić information content (AvgIpc) is 3.44. The van der Waals surface area contributed by atoms with Crippen molar-refractivity contribution >= 4 is 22.9 Å². The van der Waals surface area contributed by atoms with Crippen molar-refractivity contribution in [2.24, 2.45) is 0 Å². The van der Waals surface area contributed by atoms with Crippen LogP contribution in [-0.2, 0) is 14.3 Å². The number of rotatable bonds is 15. The summed E-state index contributed by atoms with van der Waals surface area (Å²) in [5, 5.41) is 4.32. The van der Waals surface area contributed by atoms with Gasteiger partial charge in [-0.25, -0.2) is 0 Å². The number of nitrogens with one attached hydrogen (secondary N) is 2. The molecule has 1 fully saturated rings. The minimum atomic E-state index is -0.115. The fraction of sp³-hybridized carbons (Fsp3) is 0.406. The molecule has 2 heterocycles. The summed E-state index contributed by atoms with van der Waals surface area (Å²) < 4.78 is 27.0. The molecule has 4 rings (SSSR count). The van der Waals surface area contributed by atoms with Gasteiger partial charge in [0.15, 0.2) is 18.3 Å². The maximum absolute atomic E-state index is 12.3. The highest BCUT2D eigenvalue weighted by atomic mass is 16.7. The van der Waals surface area contributed by atoms with Crippen LogP contribution in [0.25, 0.3) is 17.0 Å². The molecule has 1 aliphatic heterocycles. The van der Waals surface area contributed by atoms with Gasteiger partial charge in [-0.05, 0) is 61.2 Å². The number of para-hydroxylation sites is 1. The summed E-state index contributed by atoms with van der Waals surface area (Å²) >= 11 is 0. The SMILES string of the molecule is COCCOCOc1c(OC)cc(/C=C/C=C/C(=O)NCCN2CCC(c3c[nH]c4ccccc34)CC2)cc1OC. The summed E-state index contributed by atoms with van der Waals surface area (Å²) in [6.45, 7) is 4.50. The molecule has 0 bridgehead atoms. The number of carbonyl (C=O) groups excluding carboxylic acids is 1. The van der Waals surface area contributed by atoms with Crippen LogP contribution in [0.3, 0.4) is 0 Å². The molecule has 9 nitrogen and oxygen atoms in total. The highest BCUT2D eigenvalue weighted by molar-refractivity contribution is 5.88. The number of hydrogen-bond acceptors (Lipinski definition) is 7. The molecule has 0 saturated carbocycles. The molecule has 1 amide bonds. The van der Waals surface area contributed by atoms with Gasteiger partial charge in [0.1, 0.15) is 0 Å². The van der Waals surface area contributed by atoms with E-state index in [4.69, 9.17) is 23.7 Å². The van der Waals surface area contributed by atoms with Crippen molar-refractivity contribution in [2.45, 2.75) is 18.8 Å². The summed E-state index contributed by atoms with van der Waals surface area (Å²) in [5.74, 6) is 1.96. The first-order chi connectivity index (χ1) is 20.1. The van der Waals surface area contributed by atoms with E-state index in [1.807, 2.05) is 18.2 Å². The van der Waals surface area contributed by atoms with E-state index >= 15 is 0 Å². The van der Waals surface area contributed by atoms with Crippen molar-refractivity contribution < 1.29 is 28.5 Å². The zero-order valence-electron chi connectivity index (χ0n) is 24.2. The van der Waals surface area contributed by atoms with Gasteiger partial charge in [-0.2, -0.15) is 0 Å². The molecule has 41 heavy (non-hydrogen) atoms. The number of hydrogen-bond donors (Lipinski definition) is 2. The number of likely N-dealkylation sites (tertiary alicyclic amines) is 1. The number of aromatic nitrogens is 1. The summed E-state index contributed by atoms with van der Waals surface area (Å²) in [6.07, 6.45) is 11.3. The number of amides is 1. The van der Waals surface area contributed by atoms with Crippen LogP contribution in [0.2, 0.25) is 0 Å². The topological polar surface area (TPSA) is 94.3 Å². The van der Waals surface area contributed by atoms with Crippen LogP contribution < -0.4 is 19.5 Å². The Morgan fingerprint density at radius 2 is 1.80 bits per heavy atom. The molecule has 0 atom stereocenters. The van der Waals surface area contributed by atoms with Crippen LogP contribution in [0.4, 0.5) is 0 Å². The third-order valence-electron chi connectivity index (χ3n) is 7.22. The largest absolute Gasteiger partial charge is 0.493 e. The predicted octanol–water partition coefficient (Wildman–Crippen LogP) is 4.75. The van der Waals surface area contributed by atoms with E-state index in [1.54, 1.807) is 33.5 Å². The molecular formula is C32H41N3O6. The van der Waals surface area contributed by atoms with Crippen molar-refractivity contribution in [1.82, 2.24) is 15.2 Å². The second-order valence-electron chi connectivity index (χ2n) is 9.83. The second-order valence-corrected chi connectivity index (χ2v) is 9.83. The molecule has 1 aromatic heterocycles. The fourth-order valence-electron chi connectivity index (χ4n) is 5.05. The molecule has 1 saturated heterocycles. The van der Waals surface area contributed by atoms with Gasteiger partial charge in [-0.1, -0.05) is 36.4 Å². The number of benzene rings is 2. The number of piperidine rings is 1. The van der Waals surface area contributed by atoms with E-state index in [1.165, 1.54) is 22.5 Å². The standard InChI is InChI=1S/C32H41N3O6/c1-37-18-19-40-23-41-32-29(38-2)20-24(21-30(32)39-3)8-4-7-11-31(36)33-14-17-35-15-12-25(13-16-35)27-22-34-28-10-6-5-9-26(27)28/h4-11,20-22,25,34H,12-19,23H2,1-3H3,(H,33,36)/b8-4+,11-7+. The molecule has 2 aromatic carbocycles. The molecule has 0 aliphatic carbocycles. The van der Waals surface area contributed by atoms with Crippen LogP contribution in [0.15, 0.2) is 60.8 Å². The quantitative estimate of drug-likeness (QED) is 0.119. The maximum Gasteiger partial charge on any atom is 0.244 e. The minimum absolute atomic E-state index is 0.0480. The van der Waals surface area contributed by atoms with E-state index in [2.05, 4.69) is 45.7 Å². The van der Waals surface area contributed by atoms with Crippen molar-refractivity contribution in [3.63, 3.8) is 0 Å². The first-order valence-electron chi connectivity index (χ1n) is 14.0. The Labute approximate surface area is 242 Å². The lowest BCUT2D eigenvalue weighted by molar-refractivity contribution is -0.116. The van der Waals surface area contributed by atoms with Crippen molar-refractivity contribution in [3.05, 3.63) is 72.0 Å². The third-order valence-corrected chi connectivity index (χ3v) is 7.22. The van der Waals surface area contributed by atoms with E-state index in [0.29, 0.717) is 42.9 Å². The number of aromatic amines is 1. The monoisotopic (exact) mass is 563 g/mol. The Kier molecular flexibility index (Phi) is 11.7. The first kappa shape index (κ1) is 30.2. The zero-order chi connectivity index (χ0) is 28.9. The van der Waals surface area contributed by atoms with Crippen molar-refractivity contribution in [1.29, 1.82) is 0 Å². The van der Waals surface area contributed by atoms with E-state index in [-0.39, 0.29) is 12.7 Å². The lowest BCUT2D eigenvalue weighted by Crippen LogP contribution is -2.38. The number of fused-ring (bicyclic) bond motifs is 1. The van der Waals surface area contributed by atoms with E-state index < -0.39 is 0 Å². The van der Waals surface area contributed by atoms with Gasteiger partial charge >= 0.3 is 0 Å². The number of methoxy groups -OCH3 is 3. The van der Waals surface area contributed by atoms with Crippen LogP contribution in [0.5, 0.6) is 17.2 Å². The van der Waals surface area contributed by atoms with Crippen molar-refractivity contribution in [2.75, 3.05) is 67.5 Å². The number of nitrogens with zero attached hydrogens (tertiary/aromatic N) is 1. The summed E-state index contributed by atoms with van der Waals surface area (Å²) in [5.41, 5.74) is 3.47. The smallest absolute Gasteiger partial charge is 0.244 e. The second kappa shape index (κ2) is 15.9. The zero-order valence-corrected chi connectivity index (χ0v) is 24.2. The molecule has 0 unspecified atom stereocenters. The van der Waals surface area contributed by atoms with Crippen molar-refractivity contribution in [3.8, 4) is 17.2 Å². The molecular weight excluding hydrogens is 522 g/mol. The van der Waals surface area contributed by atoms with Gasteiger partial charge in [0.05, 0.1) is 27.4 Å². The van der Waals surface area contributed by atoms with E-state index in [0.717, 1.165) is 38.0 Å². The van der Waals surface area contributed by atoms with Gasteiger partial charge in [0.2, 0.25) is 11.7 Å². The fourth-order valence-corrected chi connectivity index (χ4v) is 5.05. The Morgan fingerprint density at radius 3 is 2.54 bits per heavy atom. The van der Waals surface area contributed by atoms with Crippen LogP contribution >= 0.6 is 0 Å². The summed E-state index contributed by atoms with van der Waals surface area (Å²) in [6, 6.07) is 12.2. The van der Waals surface area contributed by atoms with Gasteiger partial charge in [0, 0.05) is 43.4 Å². The molecule has 3 aromatic rings. The van der Waals surface area contributed by atoms with Gasteiger partial charge in [0.25, 0.3) is 0 Å². The molecule has 0 radical (unpaired) electrons. The highest BCUT2D eigenvalue weighted by Crippen LogP contribution is 2.39. The maximum atomic E-state index is 12.3. The predicted molar refractivity (Wildman–Crippen MR) is 161 cm³/mol. The Morgan fingerprint density at radius 1 is 1.05 bits per heavy atom. The molecule has 2 N–H and O–H groups in total. The third kappa shape index (κ3) is 8.60. The Hall–Kier alpha value is -3.79. The van der Waals surface area contributed by atoms with E-state index in [9.17, 15) is 4.79 Å². The number of ether oxygens (including phenoxy) is 5. The van der Waals surface area contributed by atoms with Gasteiger partial charge < -0.3 is 38.9 Å². The molecule has 0 spiro atoms. The first-order valence-corrected chi connectivity index (χ1v) is 14.0. The Balaban J connectivity index is 1.19.